The summed E-state index contributed by atoms with van der Waals surface area (Å²) in [7, 11) is 0. The number of halogens is 2. The smallest absolute Gasteiger partial charge is 0.253 e. The molecule has 5 heteroatoms. The summed E-state index contributed by atoms with van der Waals surface area (Å²) in [5.41, 5.74) is 1.08. The molecule has 2 rings (SSSR count). The Morgan fingerprint density at radius 2 is 1.89 bits per heavy atom. The van der Waals surface area contributed by atoms with E-state index < -0.39 is 0 Å². The lowest BCUT2D eigenvalue weighted by Gasteiger charge is -2.36. The summed E-state index contributed by atoms with van der Waals surface area (Å²) >= 11 is 0. The minimum absolute atomic E-state index is 0. The molecule has 3 nitrogen and oxygen atoms in total. The summed E-state index contributed by atoms with van der Waals surface area (Å²) < 4.78 is 13.2. The van der Waals surface area contributed by atoms with Crippen molar-refractivity contribution in [2.24, 2.45) is 0 Å². The van der Waals surface area contributed by atoms with Crippen molar-refractivity contribution >= 4 is 18.3 Å². The van der Waals surface area contributed by atoms with Crippen LogP contribution >= 0.6 is 12.4 Å². The molecule has 1 aliphatic heterocycles. The van der Waals surface area contributed by atoms with Crippen LogP contribution in [0, 0.1) is 12.7 Å². The van der Waals surface area contributed by atoms with Gasteiger partial charge in [0.1, 0.15) is 5.82 Å². The molecule has 0 aromatic heterocycles. The molecule has 2 unspecified atom stereocenters. The normalized spacial score (nSPS) is 22.8. The summed E-state index contributed by atoms with van der Waals surface area (Å²) in [5.74, 6) is -0.285. The van der Waals surface area contributed by atoms with Crippen molar-refractivity contribution in [3.05, 3.63) is 35.1 Å². The largest absolute Gasteiger partial charge is 0.336 e. The van der Waals surface area contributed by atoms with Gasteiger partial charge in [-0.25, -0.2) is 4.39 Å². The number of hydrogen-bond donors (Lipinski definition) is 1. The molecule has 1 fully saturated rings. The first-order valence-corrected chi connectivity index (χ1v) is 6.29. The summed E-state index contributed by atoms with van der Waals surface area (Å²) in [6.45, 7) is 7.19. The van der Waals surface area contributed by atoms with Crippen LogP contribution in [0.2, 0.25) is 0 Å². The SMILES string of the molecule is Cc1cc(C(=O)N2CC(C)NC(C)C2)ccc1F.Cl. The monoisotopic (exact) mass is 286 g/mol. The number of rotatable bonds is 1. The number of carbonyl (C=O) groups is 1. The van der Waals surface area contributed by atoms with E-state index in [1.165, 1.54) is 6.07 Å². The Labute approximate surface area is 119 Å². The fraction of sp³-hybridized carbons (Fsp3) is 0.500. The van der Waals surface area contributed by atoms with Crippen molar-refractivity contribution in [1.29, 1.82) is 0 Å². The first kappa shape index (κ1) is 15.9. The Bertz CT molecular complexity index is 457. The van der Waals surface area contributed by atoms with Crippen molar-refractivity contribution in [3.8, 4) is 0 Å². The van der Waals surface area contributed by atoms with Crippen LogP contribution in [0.3, 0.4) is 0 Å². The number of nitrogens with one attached hydrogen (secondary N) is 1. The van der Waals surface area contributed by atoms with E-state index in [4.69, 9.17) is 0 Å². The van der Waals surface area contributed by atoms with Gasteiger partial charge in [-0.05, 0) is 44.5 Å². The van der Waals surface area contributed by atoms with Gasteiger partial charge >= 0.3 is 0 Å². The van der Waals surface area contributed by atoms with E-state index in [-0.39, 0.29) is 24.1 Å². The second-order valence-corrected chi connectivity index (χ2v) is 5.14. The molecule has 0 aliphatic carbocycles. The topological polar surface area (TPSA) is 32.3 Å². The van der Waals surface area contributed by atoms with Gasteiger partial charge in [-0.15, -0.1) is 12.4 Å². The number of piperazine rings is 1. The Balaban J connectivity index is 0.00000180. The summed E-state index contributed by atoms with van der Waals surface area (Å²) in [6, 6.07) is 5.12. The van der Waals surface area contributed by atoms with Crippen molar-refractivity contribution in [1.82, 2.24) is 10.2 Å². The van der Waals surface area contributed by atoms with Gasteiger partial charge in [-0.2, -0.15) is 0 Å². The van der Waals surface area contributed by atoms with Crippen LogP contribution in [0.15, 0.2) is 18.2 Å². The second kappa shape index (κ2) is 6.35. The van der Waals surface area contributed by atoms with E-state index >= 15 is 0 Å². The van der Waals surface area contributed by atoms with Crippen LogP contribution in [0.5, 0.6) is 0 Å². The minimum atomic E-state index is -0.270. The number of benzene rings is 1. The molecule has 0 bridgehead atoms. The van der Waals surface area contributed by atoms with Gasteiger partial charge in [-0.1, -0.05) is 0 Å². The van der Waals surface area contributed by atoms with Gasteiger partial charge in [0.15, 0.2) is 0 Å². The predicted molar refractivity (Wildman–Crippen MR) is 76.3 cm³/mol. The average molecular weight is 287 g/mol. The third-order valence-electron chi connectivity index (χ3n) is 3.25. The first-order valence-electron chi connectivity index (χ1n) is 6.29. The number of hydrogen-bond acceptors (Lipinski definition) is 2. The van der Waals surface area contributed by atoms with E-state index in [0.29, 0.717) is 36.3 Å². The molecule has 1 aromatic rings. The molecular formula is C14H20ClFN2O. The molecule has 19 heavy (non-hydrogen) atoms. The molecule has 0 radical (unpaired) electrons. The molecular weight excluding hydrogens is 267 g/mol. The zero-order valence-electron chi connectivity index (χ0n) is 11.4. The highest BCUT2D eigenvalue weighted by atomic mass is 35.5. The first-order chi connectivity index (χ1) is 8.47. The molecule has 2 atom stereocenters. The van der Waals surface area contributed by atoms with Gasteiger partial charge in [0.2, 0.25) is 0 Å². The van der Waals surface area contributed by atoms with E-state index in [2.05, 4.69) is 19.2 Å². The Morgan fingerprint density at radius 1 is 1.32 bits per heavy atom. The summed E-state index contributed by atoms with van der Waals surface area (Å²) in [6.07, 6.45) is 0. The lowest BCUT2D eigenvalue weighted by Crippen LogP contribution is -2.55. The van der Waals surface area contributed by atoms with E-state index in [0.717, 1.165) is 0 Å². The average Bonchev–Trinajstić information content (AvgIpc) is 2.30. The van der Waals surface area contributed by atoms with Gasteiger partial charge in [0, 0.05) is 30.7 Å². The molecule has 0 saturated carbocycles. The maximum Gasteiger partial charge on any atom is 0.253 e. The van der Waals surface area contributed by atoms with Crippen molar-refractivity contribution in [2.75, 3.05) is 13.1 Å². The fourth-order valence-corrected chi connectivity index (χ4v) is 2.45. The van der Waals surface area contributed by atoms with E-state index in [1.54, 1.807) is 19.1 Å². The Morgan fingerprint density at radius 3 is 2.42 bits per heavy atom. The molecule has 1 saturated heterocycles. The minimum Gasteiger partial charge on any atom is -0.336 e. The maximum atomic E-state index is 13.2. The van der Waals surface area contributed by atoms with Crippen LogP contribution in [0.25, 0.3) is 0 Å². The van der Waals surface area contributed by atoms with Gasteiger partial charge in [0.05, 0.1) is 0 Å². The highest BCUT2D eigenvalue weighted by molar-refractivity contribution is 5.94. The van der Waals surface area contributed by atoms with Gasteiger partial charge in [0.25, 0.3) is 5.91 Å². The molecule has 1 aromatic carbocycles. The highest BCUT2D eigenvalue weighted by Crippen LogP contribution is 2.14. The van der Waals surface area contributed by atoms with Crippen LogP contribution in [0.4, 0.5) is 4.39 Å². The predicted octanol–water partition coefficient (Wildman–Crippen LogP) is 2.38. The summed E-state index contributed by atoms with van der Waals surface area (Å²) in [5, 5.41) is 3.38. The molecule has 106 valence electrons. The summed E-state index contributed by atoms with van der Waals surface area (Å²) in [4.78, 5) is 14.2. The van der Waals surface area contributed by atoms with Crippen LogP contribution in [0.1, 0.15) is 29.8 Å². The zero-order valence-corrected chi connectivity index (χ0v) is 12.3. The number of carbonyl (C=O) groups excluding carboxylic acids is 1. The molecule has 1 heterocycles. The van der Waals surface area contributed by atoms with Crippen LogP contribution in [-0.4, -0.2) is 36.0 Å². The maximum absolute atomic E-state index is 13.2. The quantitative estimate of drug-likeness (QED) is 0.860. The standard InChI is InChI=1S/C14H19FN2O.ClH/c1-9-6-12(4-5-13(9)15)14(18)17-7-10(2)16-11(3)8-17;/h4-6,10-11,16H,7-8H2,1-3H3;1H. The van der Waals surface area contributed by atoms with Crippen LogP contribution in [-0.2, 0) is 0 Å². The molecule has 1 N–H and O–H groups in total. The highest BCUT2D eigenvalue weighted by Gasteiger charge is 2.25. The molecule has 0 spiro atoms. The van der Waals surface area contributed by atoms with E-state index in [1.807, 2.05) is 4.90 Å². The lowest BCUT2D eigenvalue weighted by molar-refractivity contribution is 0.0673. The number of nitrogens with zero attached hydrogens (tertiary/aromatic N) is 1. The third kappa shape index (κ3) is 3.67. The lowest BCUT2D eigenvalue weighted by atomic mass is 10.1. The molecule has 1 amide bonds. The zero-order chi connectivity index (χ0) is 13.3. The van der Waals surface area contributed by atoms with Crippen molar-refractivity contribution < 1.29 is 9.18 Å². The van der Waals surface area contributed by atoms with Crippen molar-refractivity contribution in [2.45, 2.75) is 32.9 Å². The fourth-order valence-electron chi connectivity index (χ4n) is 2.45. The second-order valence-electron chi connectivity index (χ2n) is 5.14. The van der Waals surface area contributed by atoms with Crippen LogP contribution < -0.4 is 5.32 Å². The van der Waals surface area contributed by atoms with Gasteiger partial charge in [-0.3, -0.25) is 4.79 Å². The van der Waals surface area contributed by atoms with E-state index in [9.17, 15) is 9.18 Å². The van der Waals surface area contributed by atoms with Gasteiger partial charge < -0.3 is 10.2 Å². The number of amides is 1. The van der Waals surface area contributed by atoms with Crippen molar-refractivity contribution in [3.63, 3.8) is 0 Å². The Hall–Kier alpha value is -1.13. The third-order valence-corrected chi connectivity index (χ3v) is 3.25. The Kier molecular flexibility index (Phi) is 5.32. The molecule has 1 aliphatic rings. The number of aryl methyl sites for hydroxylation is 1.